The molecule has 188 valence electrons. The topological polar surface area (TPSA) is 155 Å². The lowest BCUT2D eigenvalue weighted by Crippen LogP contribution is -2.74. The van der Waals surface area contributed by atoms with E-state index in [-0.39, 0.29) is 24.2 Å². The van der Waals surface area contributed by atoms with Crippen LogP contribution in [0.15, 0.2) is 6.07 Å². The largest absolute Gasteiger partial charge is 0.507 e. The highest BCUT2D eigenvalue weighted by Gasteiger charge is 2.69. The number of phenols is 1. The maximum atomic E-state index is 13.8. The molecule has 0 aliphatic heterocycles. The number of hydrogen-bond acceptors (Lipinski definition) is 8. The fourth-order valence-electron chi connectivity index (χ4n) is 6.20. The number of rotatable bonds is 2. The molecule has 0 radical (unpaired) electrons. The summed E-state index contributed by atoms with van der Waals surface area (Å²) in [5.74, 6) is -10.2. The van der Waals surface area contributed by atoms with E-state index >= 15 is 0 Å². The van der Waals surface area contributed by atoms with Crippen molar-refractivity contribution in [3.8, 4) is 5.75 Å². The van der Waals surface area contributed by atoms with Crippen LogP contribution >= 0.6 is 22.6 Å². The van der Waals surface area contributed by atoms with Crippen molar-refractivity contribution < 1.29 is 34.2 Å². The number of nitrogens with zero attached hydrogens (tertiary/aromatic N) is 1. The van der Waals surface area contributed by atoms with Gasteiger partial charge in [-0.25, -0.2) is 0 Å². The molecule has 3 aliphatic carbocycles. The van der Waals surface area contributed by atoms with Crippen molar-refractivity contribution in [1.29, 1.82) is 0 Å². The maximum absolute atomic E-state index is 13.8. The van der Waals surface area contributed by atoms with E-state index in [1.54, 1.807) is 14.1 Å². The average molecular weight is 596 g/mol. The first kappa shape index (κ1) is 25.9. The molecule has 10 heteroatoms. The molecule has 0 saturated heterocycles. The van der Waals surface area contributed by atoms with Crippen molar-refractivity contribution in [3.63, 3.8) is 0 Å². The lowest BCUT2D eigenvalue weighted by Gasteiger charge is -2.52. The number of benzene rings is 1. The normalized spacial score (nSPS) is 32.9. The molecular formula is C25H29IN2O7. The lowest BCUT2D eigenvalue weighted by molar-refractivity contribution is -0.181. The van der Waals surface area contributed by atoms with Crippen molar-refractivity contribution in [2.45, 2.75) is 50.7 Å². The summed E-state index contributed by atoms with van der Waals surface area (Å²) in [4.78, 5) is 67.4. The standard InChI is InChI=1S/C25H29IN2O7/c1-24(2,3)12-8-13(26)10-6-9-7-11-17(28(4)5)20(31)16(23(27)34)22(33)25(11,35)21(32)14(9)19(30)15(10)18(12)29/h8-9,11,14,16-17,29,35H,6-7H2,1-5H3,(H2,27,34)/t9-,11-,14?,16?,17-,25-/m1/s1. The Morgan fingerprint density at radius 1 is 1.17 bits per heavy atom. The van der Waals surface area contributed by atoms with E-state index in [0.717, 1.165) is 3.57 Å². The van der Waals surface area contributed by atoms with E-state index in [0.29, 0.717) is 11.1 Å². The number of nitrogens with two attached hydrogens (primary N) is 1. The summed E-state index contributed by atoms with van der Waals surface area (Å²) >= 11 is 2.11. The molecule has 2 fully saturated rings. The predicted octanol–water partition coefficient (Wildman–Crippen LogP) is 0.769. The number of carbonyl (C=O) groups excluding carboxylic acids is 5. The first-order valence-electron chi connectivity index (χ1n) is 11.4. The summed E-state index contributed by atoms with van der Waals surface area (Å²) in [6.07, 6.45) is 0.309. The Morgan fingerprint density at radius 2 is 1.77 bits per heavy atom. The van der Waals surface area contributed by atoms with Crippen LogP contribution in [0.3, 0.4) is 0 Å². The highest BCUT2D eigenvalue weighted by Crippen LogP contribution is 2.52. The lowest BCUT2D eigenvalue weighted by atomic mass is 9.52. The molecule has 6 atom stereocenters. The molecule has 4 N–H and O–H groups in total. The van der Waals surface area contributed by atoms with Crippen LogP contribution in [0.5, 0.6) is 5.75 Å². The minimum Gasteiger partial charge on any atom is -0.507 e. The van der Waals surface area contributed by atoms with Gasteiger partial charge in [0.05, 0.1) is 17.5 Å². The number of fused-ring (bicyclic) bond motifs is 3. The minimum absolute atomic E-state index is 0.0356. The summed E-state index contributed by atoms with van der Waals surface area (Å²) in [7, 11) is 3.12. The fraction of sp³-hybridized carbons (Fsp3) is 0.560. The smallest absolute Gasteiger partial charge is 0.235 e. The highest BCUT2D eigenvalue weighted by molar-refractivity contribution is 14.1. The van der Waals surface area contributed by atoms with Gasteiger partial charge in [0.1, 0.15) is 5.75 Å². The molecule has 35 heavy (non-hydrogen) atoms. The van der Waals surface area contributed by atoms with Gasteiger partial charge in [0.2, 0.25) is 5.91 Å². The molecule has 0 bridgehead atoms. The number of carbonyl (C=O) groups is 5. The minimum atomic E-state index is -2.71. The van der Waals surface area contributed by atoms with Crippen molar-refractivity contribution in [1.82, 2.24) is 4.90 Å². The van der Waals surface area contributed by atoms with Crippen molar-refractivity contribution in [2.75, 3.05) is 14.1 Å². The van der Waals surface area contributed by atoms with E-state index in [1.807, 2.05) is 26.8 Å². The molecule has 0 aromatic heterocycles. The average Bonchev–Trinajstić information content (AvgIpc) is 2.71. The number of halogens is 1. The summed E-state index contributed by atoms with van der Waals surface area (Å²) in [5.41, 5.74) is 3.34. The molecule has 0 heterocycles. The van der Waals surface area contributed by atoms with Crippen molar-refractivity contribution >= 4 is 51.6 Å². The van der Waals surface area contributed by atoms with Gasteiger partial charge in [0.15, 0.2) is 34.7 Å². The highest BCUT2D eigenvalue weighted by atomic mass is 127. The molecule has 2 saturated carbocycles. The zero-order chi connectivity index (χ0) is 26.4. The van der Waals surface area contributed by atoms with Crippen LogP contribution in [0.4, 0.5) is 0 Å². The number of hydrogen-bond donors (Lipinski definition) is 3. The second-order valence-corrected chi connectivity index (χ2v) is 12.3. The third kappa shape index (κ3) is 3.51. The van der Waals surface area contributed by atoms with Gasteiger partial charge in [-0.15, -0.1) is 0 Å². The number of aromatic hydroxyl groups is 1. The van der Waals surface area contributed by atoms with Gasteiger partial charge in [-0.2, -0.15) is 0 Å². The number of Topliss-reactive ketones (excluding diaryl/α,β-unsaturated/α-hetero) is 4. The van der Waals surface area contributed by atoms with Gasteiger partial charge >= 0.3 is 0 Å². The summed E-state index contributed by atoms with van der Waals surface area (Å²) in [6, 6.07) is 0.726. The Hall–Kier alpha value is -2.18. The van der Waals surface area contributed by atoms with Crippen molar-refractivity contribution in [2.24, 2.45) is 29.4 Å². The first-order chi connectivity index (χ1) is 16.0. The monoisotopic (exact) mass is 596 g/mol. The molecule has 0 spiro atoms. The predicted molar refractivity (Wildman–Crippen MR) is 133 cm³/mol. The van der Waals surface area contributed by atoms with Crippen LogP contribution < -0.4 is 5.73 Å². The molecule has 1 amide bonds. The number of phenolic OH excluding ortho intramolecular Hbond substituents is 1. The molecule has 4 rings (SSSR count). The zero-order valence-corrected chi connectivity index (χ0v) is 22.4. The van der Waals surface area contributed by atoms with E-state index in [2.05, 4.69) is 22.6 Å². The summed E-state index contributed by atoms with van der Waals surface area (Å²) in [5, 5.41) is 22.7. The number of likely N-dealkylation sites (N-methyl/N-ethyl adjacent to an activating group) is 1. The summed E-state index contributed by atoms with van der Waals surface area (Å²) in [6.45, 7) is 5.67. The van der Waals surface area contributed by atoms with Crippen LogP contribution in [0.1, 0.15) is 48.7 Å². The van der Waals surface area contributed by atoms with Crippen LogP contribution in [-0.4, -0.2) is 69.9 Å². The maximum Gasteiger partial charge on any atom is 0.235 e. The molecule has 1 aromatic carbocycles. The Labute approximate surface area is 216 Å². The fourth-order valence-corrected chi connectivity index (χ4v) is 7.00. The van der Waals surface area contributed by atoms with Crippen LogP contribution in [-0.2, 0) is 31.0 Å². The third-order valence-corrected chi connectivity index (χ3v) is 8.78. The van der Waals surface area contributed by atoms with Crippen LogP contribution in [0.25, 0.3) is 0 Å². The van der Waals surface area contributed by atoms with Gasteiger partial charge in [-0.1, -0.05) is 20.8 Å². The van der Waals surface area contributed by atoms with E-state index in [4.69, 9.17) is 5.73 Å². The second kappa shape index (κ2) is 8.17. The molecular weight excluding hydrogens is 567 g/mol. The van der Waals surface area contributed by atoms with Gasteiger partial charge in [-0.05, 0) is 72.5 Å². The van der Waals surface area contributed by atoms with Gasteiger partial charge in [0.25, 0.3) is 0 Å². The number of ketones is 4. The third-order valence-electron chi connectivity index (χ3n) is 7.81. The second-order valence-electron chi connectivity index (χ2n) is 11.1. The zero-order valence-electron chi connectivity index (χ0n) is 20.2. The Morgan fingerprint density at radius 3 is 2.29 bits per heavy atom. The number of aliphatic hydroxyl groups is 1. The Balaban J connectivity index is 1.90. The quantitative estimate of drug-likeness (QED) is 0.334. The van der Waals surface area contributed by atoms with Crippen LogP contribution in [0, 0.1) is 27.2 Å². The molecule has 9 nitrogen and oxygen atoms in total. The van der Waals surface area contributed by atoms with Gasteiger partial charge in [0, 0.05) is 15.1 Å². The number of amides is 1. The van der Waals surface area contributed by atoms with Gasteiger partial charge in [-0.3, -0.25) is 28.9 Å². The first-order valence-corrected chi connectivity index (χ1v) is 12.5. The molecule has 1 aromatic rings. The van der Waals surface area contributed by atoms with Crippen molar-refractivity contribution in [3.05, 3.63) is 26.3 Å². The summed E-state index contributed by atoms with van der Waals surface area (Å²) < 4.78 is 0.772. The van der Waals surface area contributed by atoms with Crippen LogP contribution in [0.2, 0.25) is 0 Å². The Kier molecular flexibility index (Phi) is 6.05. The Bertz CT molecular complexity index is 1200. The molecule has 2 unspecified atom stereocenters. The SMILES string of the molecule is CN(C)[C@H]1C(=O)C(C(N)=O)C(=O)[C@]2(O)C(=O)C3C(=O)c4c(O)c(C(C)(C)C)cc(I)c4C[C@@H]3C[C@H]12. The molecule has 3 aliphatic rings. The van der Waals surface area contributed by atoms with E-state index in [1.165, 1.54) is 4.90 Å². The number of primary amides is 1. The van der Waals surface area contributed by atoms with Gasteiger partial charge < -0.3 is 15.9 Å². The van der Waals surface area contributed by atoms with E-state index in [9.17, 15) is 34.2 Å². The van der Waals surface area contributed by atoms with E-state index < -0.39 is 69.8 Å².